The van der Waals surface area contributed by atoms with E-state index in [-0.39, 0.29) is 5.92 Å². The lowest BCUT2D eigenvalue weighted by Crippen LogP contribution is -2.57. The zero-order valence-corrected chi connectivity index (χ0v) is 19.2. The Morgan fingerprint density at radius 1 is 1.12 bits per heavy atom. The van der Waals surface area contributed by atoms with Crippen molar-refractivity contribution in [2.24, 2.45) is 5.92 Å². The molecule has 3 nitrogen and oxygen atoms in total. The van der Waals surface area contributed by atoms with Crippen LogP contribution in [-0.2, 0) is 15.9 Å². The number of methoxy groups -OCH3 is 3. The molecule has 0 amide bonds. The third-order valence-electron chi connectivity index (χ3n) is 5.54. The average molecular weight is 505 g/mol. The van der Waals surface area contributed by atoms with Gasteiger partial charge in [0.1, 0.15) is 15.5 Å². The maximum atomic E-state index is 7.04. The van der Waals surface area contributed by atoms with Crippen molar-refractivity contribution in [2.45, 2.75) is 34.8 Å². The van der Waals surface area contributed by atoms with Crippen LogP contribution in [0.3, 0.4) is 0 Å². The minimum Gasteiger partial charge on any atom is -0.497 e. The van der Waals surface area contributed by atoms with Crippen LogP contribution in [0.25, 0.3) is 0 Å². The van der Waals surface area contributed by atoms with E-state index in [1.165, 1.54) is 14.2 Å². The predicted molar refractivity (Wildman–Crippen MR) is 110 cm³/mol. The largest absolute Gasteiger partial charge is 0.497 e. The number of ether oxygens (including phenoxy) is 3. The molecule has 1 aromatic carbocycles. The van der Waals surface area contributed by atoms with Gasteiger partial charge in [0.05, 0.1) is 17.2 Å². The molecular weight excluding hydrogens is 486 g/mol. The number of hydrogen-bond acceptors (Lipinski definition) is 3. The lowest BCUT2D eigenvalue weighted by atomic mass is 9.86. The van der Waals surface area contributed by atoms with Crippen molar-refractivity contribution in [3.63, 3.8) is 0 Å². The molecule has 0 aliphatic heterocycles. The lowest BCUT2D eigenvalue weighted by molar-refractivity contribution is -0.219. The molecule has 2 bridgehead atoms. The van der Waals surface area contributed by atoms with Crippen LogP contribution >= 0.6 is 62.3 Å². The van der Waals surface area contributed by atoms with Gasteiger partial charge in [0, 0.05) is 18.7 Å². The van der Waals surface area contributed by atoms with E-state index in [0.29, 0.717) is 16.5 Å². The first-order valence-corrected chi connectivity index (χ1v) is 10.4. The van der Waals surface area contributed by atoms with Crippen LogP contribution in [0.1, 0.15) is 18.4 Å². The molecular formula is C18H19BrCl4O3. The van der Waals surface area contributed by atoms with E-state index >= 15 is 0 Å². The van der Waals surface area contributed by atoms with Crippen molar-refractivity contribution in [1.29, 1.82) is 0 Å². The third-order valence-corrected chi connectivity index (χ3v) is 8.94. The highest BCUT2D eigenvalue weighted by molar-refractivity contribution is 9.10. The van der Waals surface area contributed by atoms with Crippen molar-refractivity contribution >= 4 is 62.3 Å². The third kappa shape index (κ3) is 2.60. The smallest absolute Gasteiger partial charge is 0.217 e. The van der Waals surface area contributed by atoms with Gasteiger partial charge >= 0.3 is 0 Å². The van der Waals surface area contributed by atoms with Gasteiger partial charge in [-0.25, -0.2) is 0 Å². The van der Waals surface area contributed by atoms with Crippen LogP contribution in [0, 0.1) is 5.92 Å². The fraction of sp³-hybridized carbons (Fsp3) is 0.556. The van der Waals surface area contributed by atoms with Crippen molar-refractivity contribution in [1.82, 2.24) is 0 Å². The van der Waals surface area contributed by atoms with Gasteiger partial charge in [-0.05, 0) is 48.9 Å². The number of halogens is 5. The van der Waals surface area contributed by atoms with Gasteiger partial charge in [-0.1, -0.05) is 39.1 Å². The Labute approximate surface area is 182 Å². The molecule has 0 aromatic heterocycles. The normalized spacial score (nSPS) is 32.4. The van der Waals surface area contributed by atoms with Crippen LogP contribution in [0.2, 0.25) is 0 Å². The second-order valence-electron chi connectivity index (χ2n) is 6.56. The van der Waals surface area contributed by atoms with E-state index in [9.17, 15) is 0 Å². The van der Waals surface area contributed by atoms with Gasteiger partial charge in [0.15, 0.2) is 0 Å². The predicted octanol–water partition coefficient (Wildman–Crippen LogP) is 6.06. The van der Waals surface area contributed by atoms with Crippen LogP contribution in [0.4, 0.5) is 0 Å². The van der Waals surface area contributed by atoms with Crippen LogP contribution in [0.15, 0.2) is 32.7 Å². The molecule has 0 radical (unpaired) electrons. The van der Waals surface area contributed by atoms with Gasteiger partial charge in [0.2, 0.25) is 5.79 Å². The molecule has 26 heavy (non-hydrogen) atoms. The van der Waals surface area contributed by atoms with Crippen molar-refractivity contribution in [3.8, 4) is 5.75 Å². The van der Waals surface area contributed by atoms with E-state index in [1.54, 1.807) is 7.11 Å². The van der Waals surface area contributed by atoms with E-state index in [2.05, 4.69) is 15.9 Å². The summed E-state index contributed by atoms with van der Waals surface area (Å²) in [5.74, 6) is -0.586. The molecule has 1 aromatic rings. The van der Waals surface area contributed by atoms with Crippen LogP contribution in [-0.4, -0.2) is 36.9 Å². The van der Waals surface area contributed by atoms with Crippen molar-refractivity contribution in [3.05, 3.63) is 38.3 Å². The molecule has 1 saturated carbocycles. The maximum absolute atomic E-state index is 7.04. The Morgan fingerprint density at radius 3 is 2.31 bits per heavy atom. The lowest BCUT2D eigenvalue weighted by Gasteiger charge is -2.41. The summed E-state index contributed by atoms with van der Waals surface area (Å²) >= 11 is 30.5. The highest BCUT2D eigenvalue weighted by Gasteiger charge is 2.80. The molecule has 3 atom stereocenters. The van der Waals surface area contributed by atoms with Gasteiger partial charge in [-0.2, -0.15) is 0 Å². The minimum atomic E-state index is -1.31. The molecule has 0 N–H and O–H groups in total. The summed E-state index contributed by atoms with van der Waals surface area (Å²) in [5.41, 5.74) is 1.11. The monoisotopic (exact) mass is 502 g/mol. The molecule has 2 aliphatic carbocycles. The molecule has 1 fully saturated rings. The topological polar surface area (TPSA) is 27.7 Å². The number of aryl methyl sites for hydroxylation is 1. The number of rotatable bonds is 6. The fourth-order valence-corrected chi connectivity index (χ4v) is 6.83. The Hall–Kier alpha value is 0.320. The van der Waals surface area contributed by atoms with E-state index in [0.717, 1.165) is 28.6 Å². The van der Waals surface area contributed by atoms with Gasteiger partial charge in [-0.3, -0.25) is 0 Å². The Balaban J connectivity index is 1.92. The summed E-state index contributed by atoms with van der Waals surface area (Å²) in [7, 11) is 4.67. The highest BCUT2D eigenvalue weighted by Crippen LogP contribution is 2.72. The second-order valence-corrected chi connectivity index (χ2v) is 9.41. The molecule has 144 valence electrons. The number of benzene rings is 1. The Morgan fingerprint density at radius 2 is 1.77 bits per heavy atom. The summed E-state index contributed by atoms with van der Waals surface area (Å²) in [6.45, 7) is 0. The molecule has 3 rings (SSSR count). The molecule has 0 unspecified atom stereocenters. The van der Waals surface area contributed by atoms with Crippen molar-refractivity contribution in [2.75, 3.05) is 21.3 Å². The first kappa shape index (κ1) is 21.0. The van der Waals surface area contributed by atoms with Crippen LogP contribution < -0.4 is 4.74 Å². The Kier molecular flexibility index (Phi) is 5.90. The van der Waals surface area contributed by atoms with Crippen molar-refractivity contribution < 1.29 is 14.2 Å². The summed E-state index contributed by atoms with van der Waals surface area (Å²) in [6, 6.07) is 5.87. The summed E-state index contributed by atoms with van der Waals surface area (Å²) in [4.78, 5) is -2.24. The second kappa shape index (κ2) is 7.29. The summed E-state index contributed by atoms with van der Waals surface area (Å²) in [6.07, 6.45) is 2.00. The number of fused-ring (bicyclic) bond motifs is 2. The molecule has 0 spiro atoms. The van der Waals surface area contributed by atoms with Gasteiger partial charge < -0.3 is 14.2 Å². The number of alkyl halides is 2. The fourth-order valence-electron chi connectivity index (χ4n) is 4.27. The SMILES string of the molecule is COc1ccc(Br)c(CC[C@H]2C[C@@]3(Cl)C(Cl)=C(Cl)[C@]2(Cl)C3(OC)OC)c1. The zero-order valence-electron chi connectivity index (χ0n) is 14.5. The van der Waals surface area contributed by atoms with Gasteiger partial charge in [-0.15, -0.1) is 23.2 Å². The van der Waals surface area contributed by atoms with Crippen LogP contribution in [0.5, 0.6) is 5.75 Å². The maximum Gasteiger partial charge on any atom is 0.217 e. The molecule has 0 saturated heterocycles. The molecule has 2 aliphatic rings. The summed E-state index contributed by atoms with van der Waals surface area (Å²) in [5, 5.41) is 0.610. The van der Waals surface area contributed by atoms with E-state index in [1.807, 2.05) is 18.2 Å². The first-order chi connectivity index (χ1) is 12.2. The minimum absolute atomic E-state index is 0.0744. The first-order valence-electron chi connectivity index (χ1n) is 8.08. The highest BCUT2D eigenvalue weighted by atomic mass is 79.9. The Bertz CT molecular complexity index is 752. The zero-order chi connectivity index (χ0) is 19.3. The summed E-state index contributed by atoms with van der Waals surface area (Å²) < 4.78 is 17.7. The average Bonchev–Trinajstić information content (AvgIpc) is 2.91. The standard InChI is InChI=1S/C18H19BrCl4O3/c1-24-12-6-7-13(19)10(8-12)4-5-11-9-16(22)14(20)15(21)17(11,23)18(16,25-2)26-3/h6-8,11H,4-5,9H2,1-3H3/t11-,16+,17-/m0/s1. The quantitative estimate of drug-likeness (QED) is 0.348. The van der Waals surface area contributed by atoms with E-state index in [4.69, 9.17) is 60.6 Å². The number of hydrogen-bond donors (Lipinski definition) is 0. The molecule has 0 heterocycles. The molecule has 8 heteroatoms. The van der Waals surface area contributed by atoms with Gasteiger partial charge in [0.25, 0.3) is 0 Å². The van der Waals surface area contributed by atoms with E-state index < -0.39 is 15.5 Å².